The van der Waals surface area contributed by atoms with Crippen LogP contribution in [0.2, 0.25) is 0 Å². The van der Waals surface area contributed by atoms with Crippen molar-refractivity contribution < 1.29 is 4.74 Å². The number of nitrogens with one attached hydrogen (secondary N) is 1. The molecule has 0 aliphatic carbocycles. The molecule has 2 rings (SSSR count). The van der Waals surface area contributed by atoms with E-state index >= 15 is 0 Å². The van der Waals surface area contributed by atoms with Crippen LogP contribution in [0, 0.1) is 0 Å². The van der Waals surface area contributed by atoms with Gasteiger partial charge in [0.1, 0.15) is 0 Å². The number of halogens is 1. The lowest BCUT2D eigenvalue weighted by Gasteiger charge is -2.35. The first-order valence-electron chi connectivity index (χ1n) is 10.00. The first-order chi connectivity index (χ1) is 13.0. The summed E-state index contributed by atoms with van der Waals surface area (Å²) in [5.74, 6) is 0.930. The van der Waals surface area contributed by atoms with Gasteiger partial charge in [-0.2, -0.15) is 0 Å². The molecule has 0 bridgehead atoms. The Bertz CT molecular complexity index is 595. The smallest absolute Gasteiger partial charge is 0.193 e. The highest BCUT2D eigenvalue weighted by Crippen LogP contribution is 2.14. The minimum absolute atomic E-state index is 0. The molecule has 0 aromatic heterocycles. The number of hydrogen-bond donors (Lipinski definition) is 1. The molecule has 1 heterocycles. The van der Waals surface area contributed by atoms with Gasteiger partial charge in [0.2, 0.25) is 0 Å². The molecule has 0 radical (unpaired) electrons. The molecular weight excluding hydrogens is 463 g/mol. The van der Waals surface area contributed by atoms with Crippen molar-refractivity contribution in [1.29, 1.82) is 0 Å². The predicted octanol–water partition coefficient (Wildman–Crippen LogP) is 3.89. The van der Waals surface area contributed by atoms with Crippen LogP contribution in [0.15, 0.2) is 41.9 Å². The van der Waals surface area contributed by atoms with E-state index < -0.39 is 0 Å². The van der Waals surface area contributed by atoms with Crippen molar-refractivity contribution in [3.63, 3.8) is 0 Å². The van der Waals surface area contributed by atoms with Gasteiger partial charge in [-0.15, -0.1) is 30.6 Å². The molecule has 0 saturated carbocycles. The zero-order valence-corrected chi connectivity index (χ0v) is 20.2. The average Bonchev–Trinajstić information content (AvgIpc) is 2.63. The lowest BCUT2D eigenvalue weighted by molar-refractivity contribution is -0.0704. The standard InChI is InChI=1S/C22H36N4O.HI/c1-6-7-8-13-25(5)22(23-4)24-14-20-9-11-21(12-10-20)17-26-15-18(2)27-19(3)16-26;/h6,9-12,18-19H,1,7-8,13-17H2,2-5H3,(H,23,24);1H. The van der Waals surface area contributed by atoms with Gasteiger partial charge < -0.3 is 15.0 Å². The van der Waals surface area contributed by atoms with E-state index in [9.17, 15) is 0 Å². The van der Waals surface area contributed by atoms with Crippen LogP contribution in [0.4, 0.5) is 0 Å². The van der Waals surface area contributed by atoms with E-state index in [1.54, 1.807) is 0 Å². The van der Waals surface area contributed by atoms with Crippen molar-refractivity contribution in [2.24, 2.45) is 4.99 Å². The fourth-order valence-corrected chi connectivity index (χ4v) is 3.58. The van der Waals surface area contributed by atoms with Crippen molar-refractivity contribution in [3.8, 4) is 0 Å². The monoisotopic (exact) mass is 500 g/mol. The Morgan fingerprint density at radius 2 is 1.86 bits per heavy atom. The SMILES string of the molecule is C=CCCCN(C)C(=NC)NCc1ccc(CN2CC(C)OC(C)C2)cc1.I. The Balaban J connectivity index is 0.00000392. The van der Waals surface area contributed by atoms with E-state index in [0.29, 0.717) is 12.2 Å². The number of nitrogens with zero attached hydrogens (tertiary/aromatic N) is 3. The minimum Gasteiger partial charge on any atom is -0.373 e. The molecule has 0 spiro atoms. The van der Waals surface area contributed by atoms with Crippen LogP contribution < -0.4 is 5.32 Å². The van der Waals surface area contributed by atoms with Crippen molar-refractivity contribution in [2.75, 3.05) is 33.7 Å². The average molecular weight is 500 g/mol. The minimum atomic E-state index is 0. The topological polar surface area (TPSA) is 40.1 Å². The molecule has 1 aliphatic heterocycles. The summed E-state index contributed by atoms with van der Waals surface area (Å²) >= 11 is 0. The quantitative estimate of drug-likeness (QED) is 0.193. The summed E-state index contributed by atoms with van der Waals surface area (Å²) in [6, 6.07) is 8.89. The number of allylic oxidation sites excluding steroid dienone is 1. The number of unbranched alkanes of at least 4 members (excludes halogenated alkanes) is 1. The number of ether oxygens (including phenoxy) is 1. The fraction of sp³-hybridized carbons (Fsp3) is 0.591. The van der Waals surface area contributed by atoms with Crippen LogP contribution in [0.5, 0.6) is 0 Å². The lowest BCUT2D eigenvalue weighted by atomic mass is 10.1. The van der Waals surface area contributed by atoms with E-state index in [0.717, 1.165) is 51.5 Å². The Morgan fingerprint density at radius 3 is 2.43 bits per heavy atom. The van der Waals surface area contributed by atoms with Gasteiger partial charge in [0.25, 0.3) is 0 Å². The maximum atomic E-state index is 5.82. The maximum absolute atomic E-state index is 5.82. The van der Waals surface area contributed by atoms with Crippen LogP contribution in [0.3, 0.4) is 0 Å². The van der Waals surface area contributed by atoms with Crippen LogP contribution in [0.1, 0.15) is 37.8 Å². The second kappa shape index (κ2) is 13.2. The summed E-state index contributed by atoms with van der Waals surface area (Å²) < 4.78 is 5.82. The second-order valence-electron chi connectivity index (χ2n) is 7.52. The van der Waals surface area contributed by atoms with Gasteiger partial charge in [0.15, 0.2) is 5.96 Å². The van der Waals surface area contributed by atoms with E-state index in [-0.39, 0.29) is 24.0 Å². The summed E-state index contributed by atoms with van der Waals surface area (Å²) in [4.78, 5) is 9.02. The number of morpholine rings is 1. The first-order valence-corrected chi connectivity index (χ1v) is 10.00. The molecule has 1 fully saturated rings. The summed E-state index contributed by atoms with van der Waals surface area (Å²) in [7, 11) is 3.91. The highest BCUT2D eigenvalue weighted by Gasteiger charge is 2.21. The summed E-state index contributed by atoms with van der Waals surface area (Å²) in [5, 5.41) is 3.45. The molecule has 1 aliphatic rings. The van der Waals surface area contributed by atoms with Gasteiger partial charge in [-0.3, -0.25) is 9.89 Å². The third-order valence-corrected chi connectivity index (χ3v) is 4.85. The molecule has 28 heavy (non-hydrogen) atoms. The number of aliphatic imine (C=N–C) groups is 1. The summed E-state index contributed by atoms with van der Waals surface area (Å²) in [6.07, 6.45) is 4.71. The van der Waals surface area contributed by atoms with E-state index in [1.165, 1.54) is 11.1 Å². The molecule has 2 atom stereocenters. The Kier molecular flexibility index (Phi) is 11.7. The molecule has 1 aromatic rings. The number of rotatable bonds is 8. The molecular formula is C22H37IN4O. The van der Waals surface area contributed by atoms with Gasteiger partial charge >= 0.3 is 0 Å². The normalized spacial score (nSPS) is 20.4. The number of benzene rings is 1. The molecule has 1 N–H and O–H groups in total. The summed E-state index contributed by atoms with van der Waals surface area (Å²) in [5.41, 5.74) is 2.62. The van der Waals surface area contributed by atoms with Gasteiger partial charge in [0.05, 0.1) is 12.2 Å². The predicted molar refractivity (Wildman–Crippen MR) is 129 cm³/mol. The van der Waals surface area contributed by atoms with Crippen LogP contribution >= 0.6 is 24.0 Å². The van der Waals surface area contributed by atoms with E-state index in [4.69, 9.17) is 4.74 Å². The molecule has 1 saturated heterocycles. The van der Waals surface area contributed by atoms with Crippen molar-refractivity contribution >= 4 is 29.9 Å². The van der Waals surface area contributed by atoms with Gasteiger partial charge in [-0.05, 0) is 37.8 Å². The Hall–Kier alpha value is -1.12. The van der Waals surface area contributed by atoms with Crippen molar-refractivity contribution in [3.05, 3.63) is 48.0 Å². The number of hydrogen-bond acceptors (Lipinski definition) is 3. The fourth-order valence-electron chi connectivity index (χ4n) is 3.58. The summed E-state index contributed by atoms with van der Waals surface area (Å²) in [6.45, 7) is 12.8. The van der Waals surface area contributed by atoms with Crippen molar-refractivity contribution in [1.82, 2.24) is 15.1 Å². The van der Waals surface area contributed by atoms with E-state index in [2.05, 4.69) is 71.8 Å². The third-order valence-electron chi connectivity index (χ3n) is 4.85. The first kappa shape index (κ1) is 24.9. The Labute approximate surface area is 188 Å². The largest absolute Gasteiger partial charge is 0.373 e. The van der Waals surface area contributed by atoms with Gasteiger partial charge in [-0.25, -0.2) is 0 Å². The molecule has 6 heteroatoms. The van der Waals surface area contributed by atoms with Gasteiger partial charge in [-0.1, -0.05) is 30.3 Å². The zero-order chi connectivity index (χ0) is 19.6. The van der Waals surface area contributed by atoms with Gasteiger partial charge in [0, 0.05) is 46.8 Å². The second-order valence-corrected chi connectivity index (χ2v) is 7.52. The molecule has 2 unspecified atom stereocenters. The molecule has 158 valence electrons. The van der Waals surface area contributed by atoms with Crippen LogP contribution in [-0.4, -0.2) is 61.7 Å². The van der Waals surface area contributed by atoms with E-state index in [1.807, 2.05) is 13.1 Å². The molecule has 0 amide bonds. The van der Waals surface area contributed by atoms with Crippen LogP contribution in [-0.2, 0) is 17.8 Å². The van der Waals surface area contributed by atoms with Crippen molar-refractivity contribution in [2.45, 2.75) is 52.0 Å². The zero-order valence-electron chi connectivity index (χ0n) is 17.9. The van der Waals surface area contributed by atoms with Crippen LogP contribution in [0.25, 0.3) is 0 Å². The molecule has 1 aromatic carbocycles. The third kappa shape index (κ3) is 8.49. The highest BCUT2D eigenvalue weighted by atomic mass is 127. The number of guanidine groups is 1. The lowest BCUT2D eigenvalue weighted by Crippen LogP contribution is -2.44. The maximum Gasteiger partial charge on any atom is 0.193 e. The Morgan fingerprint density at radius 1 is 1.25 bits per heavy atom. The highest BCUT2D eigenvalue weighted by molar-refractivity contribution is 14.0. The molecule has 5 nitrogen and oxygen atoms in total.